The zero-order valence-electron chi connectivity index (χ0n) is 13.2. The van der Waals surface area contributed by atoms with Crippen LogP contribution >= 0.6 is 12.2 Å². The Balaban J connectivity index is 2.00. The smallest absolute Gasteiger partial charge is 0.343 e. The van der Waals surface area contributed by atoms with Gasteiger partial charge in [0.25, 0.3) is 0 Å². The van der Waals surface area contributed by atoms with E-state index in [-0.39, 0.29) is 5.11 Å². The Kier molecular flexibility index (Phi) is 5.01. The van der Waals surface area contributed by atoms with Crippen molar-refractivity contribution in [1.29, 1.82) is 0 Å². The van der Waals surface area contributed by atoms with Crippen LogP contribution < -0.4 is 15.9 Å². The predicted octanol–water partition coefficient (Wildman–Crippen LogP) is 3.23. The number of esters is 1. The number of ether oxygens (including phenoxy) is 1. The highest BCUT2D eigenvalue weighted by molar-refractivity contribution is 7.80. The first-order valence-electron chi connectivity index (χ1n) is 7.52. The maximum atomic E-state index is 12.4. The van der Waals surface area contributed by atoms with Crippen molar-refractivity contribution < 1.29 is 9.53 Å². The third-order valence-corrected chi connectivity index (χ3v) is 3.60. The molecular formula is C19H15N3O2S. The lowest BCUT2D eigenvalue weighted by Gasteiger charge is -2.10. The summed E-state index contributed by atoms with van der Waals surface area (Å²) in [7, 11) is 0. The maximum absolute atomic E-state index is 12.4. The van der Waals surface area contributed by atoms with Crippen LogP contribution in [0.4, 0.5) is 0 Å². The second-order valence-corrected chi connectivity index (χ2v) is 5.63. The van der Waals surface area contributed by atoms with Crippen LogP contribution in [0.2, 0.25) is 0 Å². The number of rotatable bonds is 4. The van der Waals surface area contributed by atoms with E-state index in [2.05, 4.69) is 10.5 Å². The molecule has 0 spiro atoms. The van der Waals surface area contributed by atoms with Crippen molar-refractivity contribution in [3.63, 3.8) is 0 Å². The second kappa shape index (κ2) is 7.55. The van der Waals surface area contributed by atoms with Gasteiger partial charge in [-0.3, -0.25) is 5.43 Å². The van der Waals surface area contributed by atoms with Gasteiger partial charge in [-0.05, 0) is 41.2 Å². The van der Waals surface area contributed by atoms with E-state index < -0.39 is 5.97 Å². The van der Waals surface area contributed by atoms with Gasteiger partial charge in [0.2, 0.25) is 0 Å². The minimum absolute atomic E-state index is 0.0549. The molecule has 0 aromatic heterocycles. The van der Waals surface area contributed by atoms with Crippen LogP contribution in [0.15, 0.2) is 71.8 Å². The van der Waals surface area contributed by atoms with Gasteiger partial charge in [-0.25, -0.2) is 4.79 Å². The lowest BCUT2D eigenvalue weighted by molar-refractivity contribution is 0.0735. The Morgan fingerprint density at radius 3 is 2.52 bits per heavy atom. The molecule has 0 bridgehead atoms. The normalized spacial score (nSPS) is 10.7. The Bertz CT molecular complexity index is 955. The van der Waals surface area contributed by atoms with E-state index in [9.17, 15) is 4.79 Å². The standard InChI is InChI=1S/C19H15N3O2S/c20-19(25)22-21-12-16-15-9-5-4-6-13(15)10-11-17(16)24-18(23)14-7-2-1-3-8-14/h1-12H,(H3,20,22,25)/b21-12-. The van der Waals surface area contributed by atoms with E-state index >= 15 is 0 Å². The summed E-state index contributed by atoms with van der Waals surface area (Å²) in [6, 6.07) is 20.2. The Labute approximate surface area is 150 Å². The Hall–Kier alpha value is -3.25. The highest BCUT2D eigenvalue weighted by Gasteiger charge is 2.13. The zero-order chi connectivity index (χ0) is 17.6. The maximum Gasteiger partial charge on any atom is 0.343 e. The van der Waals surface area contributed by atoms with Gasteiger partial charge in [0.1, 0.15) is 5.75 Å². The summed E-state index contributed by atoms with van der Waals surface area (Å²) >= 11 is 4.74. The minimum Gasteiger partial charge on any atom is -0.422 e. The predicted molar refractivity (Wildman–Crippen MR) is 103 cm³/mol. The van der Waals surface area contributed by atoms with Crippen molar-refractivity contribution in [2.45, 2.75) is 0 Å². The molecule has 6 heteroatoms. The first-order chi connectivity index (χ1) is 12.1. The number of carbonyl (C=O) groups excluding carboxylic acids is 1. The van der Waals surface area contributed by atoms with Crippen molar-refractivity contribution in [3.05, 3.63) is 77.9 Å². The molecule has 3 aromatic rings. The number of nitrogens with two attached hydrogens (primary N) is 1. The fraction of sp³-hybridized carbons (Fsp3) is 0. The SMILES string of the molecule is NC(=S)N/N=C\c1c(OC(=O)c2ccccc2)ccc2ccccc12. The van der Waals surface area contributed by atoms with Crippen LogP contribution in [0.1, 0.15) is 15.9 Å². The summed E-state index contributed by atoms with van der Waals surface area (Å²) in [5, 5.41) is 5.95. The largest absolute Gasteiger partial charge is 0.422 e. The quantitative estimate of drug-likeness (QED) is 0.249. The van der Waals surface area contributed by atoms with E-state index in [0.717, 1.165) is 10.8 Å². The first-order valence-corrected chi connectivity index (χ1v) is 7.93. The molecule has 0 aliphatic heterocycles. The van der Waals surface area contributed by atoms with Gasteiger partial charge < -0.3 is 10.5 Å². The molecule has 3 N–H and O–H groups in total. The first kappa shape index (κ1) is 16.6. The molecule has 25 heavy (non-hydrogen) atoms. The fourth-order valence-electron chi connectivity index (χ4n) is 2.39. The summed E-state index contributed by atoms with van der Waals surface area (Å²) in [5.41, 5.74) is 9.02. The van der Waals surface area contributed by atoms with Crippen molar-refractivity contribution in [3.8, 4) is 5.75 Å². The third kappa shape index (κ3) is 3.99. The van der Waals surface area contributed by atoms with Gasteiger partial charge >= 0.3 is 5.97 Å². The van der Waals surface area contributed by atoms with Gasteiger partial charge in [0, 0.05) is 5.56 Å². The van der Waals surface area contributed by atoms with Gasteiger partial charge in [-0.2, -0.15) is 5.10 Å². The summed E-state index contributed by atoms with van der Waals surface area (Å²) in [6.45, 7) is 0. The van der Waals surface area contributed by atoms with E-state index in [1.165, 1.54) is 6.21 Å². The molecular weight excluding hydrogens is 334 g/mol. The molecule has 0 heterocycles. The van der Waals surface area contributed by atoms with E-state index in [1.54, 1.807) is 30.3 Å². The number of carbonyl (C=O) groups is 1. The van der Waals surface area contributed by atoms with Crippen molar-refractivity contribution in [1.82, 2.24) is 5.43 Å². The van der Waals surface area contributed by atoms with Crippen molar-refractivity contribution in [2.75, 3.05) is 0 Å². The molecule has 3 aromatic carbocycles. The summed E-state index contributed by atoms with van der Waals surface area (Å²) < 4.78 is 5.58. The molecule has 0 radical (unpaired) electrons. The van der Waals surface area contributed by atoms with Crippen LogP contribution in [0.25, 0.3) is 10.8 Å². The third-order valence-electron chi connectivity index (χ3n) is 3.51. The number of fused-ring (bicyclic) bond motifs is 1. The average Bonchev–Trinajstić information content (AvgIpc) is 2.63. The highest BCUT2D eigenvalue weighted by atomic mass is 32.1. The molecule has 0 amide bonds. The van der Waals surface area contributed by atoms with Crippen LogP contribution in [-0.4, -0.2) is 17.3 Å². The highest BCUT2D eigenvalue weighted by Crippen LogP contribution is 2.27. The van der Waals surface area contributed by atoms with E-state index in [0.29, 0.717) is 16.9 Å². The van der Waals surface area contributed by atoms with Crippen LogP contribution in [0, 0.1) is 0 Å². The molecule has 0 saturated carbocycles. The second-order valence-electron chi connectivity index (χ2n) is 5.19. The molecule has 0 saturated heterocycles. The molecule has 0 fully saturated rings. The molecule has 5 nitrogen and oxygen atoms in total. The Morgan fingerprint density at radius 1 is 1.04 bits per heavy atom. The molecule has 124 valence electrons. The monoisotopic (exact) mass is 349 g/mol. The molecule has 0 aliphatic carbocycles. The lowest BCUT2D eigenvalue weighted by Crippen LogP contribution is -2.24. The molecule has 0 unspecified atom stereocenters. The van der Waals surface area contributed by atoms with Crippen LogP contribution in [0.5, 0.6) is 5.75 Å². The van der Waals surface area contributed by atoms with Gasteiger partial charge in [0.15, 0.2) is 5.11 Å². The van der Waals surface area contributed by atoms with Gasteiger partial charge in [-0.1, -0.05) is 48.5 Å². The lowest BCUT2D eigenvalue weighted by atomic mass is 10.0. The Morgan fingerprint density at radius 2 is 1.76 bits per heavy atom. The number of benzene rings is 3. The van der Waals surface area contributed by atoms with Crippen molar-refractivity contribution >= 4 is 40.3 Å². The average molecular weight is 349 g/mol. The van der Waals surface area contributed by atoms with Gasteiger partial charge in [-0.15, -0.1) is 0 Å². The number of nitrogens with zero attached hydrogens (tertiary/aromatic N) is 1. The number of thiocarbonyl (C=S) groups is 1. The summed E-state index contributed by atoms with van der Waals surface area (Å²) in [5.74, 6) is -0.0334. The van der Waals surface area contributed by atoms with Crippen LogP contribution in [-0.2, 0) is 0 Å². The fourth-order valence-corrected chi connectivity index (χ4v) is 2.44. The topological polar surface area (TPSA) is 76.7 Å². The van der Waals surface area contributed by atoms with E-state index in [1.807, 2.05) is 36.4 Å². The van der Waals surface area contributed by atoms with E-state index in [4.69, 9.17) is 22.7 Å². The molecule has 0 atom stereocenters. The van der Waals surface area contributed by atoms with Gasteiger partial charge in [0.05, 0.1) is 11.8 Å². The summed E-state index contributed by atoms with van der Waals surface area (Å²) in [4.78, 5) is 12.4. The van der Waals surface area contributed by atoms with Crippen molar-refractivity contribution in [2.24, 2.45) is 10.8 Å². The number of hydrogen-bond acceptors (Lipinski definition) is 4. The molecule has 0 aliphatic rings. The molecule has 3 rings (SSSR count). The minimum atomic E-state index is -0.437. The van der Waals surface area contributed by atoms with Crippen LogP contribution in [0.3, 0.4) is 0 Å². The summed E-state index contributed by atoms with van der Waals surface area (Å²) in [6.07, 6.45) is 1.54. The zero-order valence-corrected chi connectivity index (χ0v) is 14.0. The number of nitrogens with one attached hydrogen (secondary N) is 1. The number of hydrazone groups is 1. The number of hydrogen-bond donors (Lipinski definition) is 2.